The number of anilines is 1. The zero-order chi connectivity index (χ0) is 16.2. The SMILES string of the molecule is Cc1ccc(NC(=O)CSc2nc3ccccc3nc2C)cc1. The Bertz CT molecular complexity index is 847. The van der Waals surface area contributed by atoms with E-state index in [1.807, 2.05) is 62.4 Å². The minimum atomic E-state index is -0.0480. The van der Waals surface area contributed by atoms with Crippen molar-refractivity contribution in [1.82, 2.24) is 9.97 Å². The smallest absolute Gasteiger partial charge is 0.234 e. The molecule has 2 aromatic carbocycles. The Morgan fingerprint density at radius 1 is 1.00 bits per heavy atom. The molecule has 0 aliphatic heterocycles. The Balaban J connectivity index is 1.66. The predicted molar refractivity (Wildman–Crippen MR) is 94.8 cm³/mol. The van der Waals surface area contributed by atoms with Gasteiger partial charge in [0.25, 0.3) is 0 Å². The van der Waals surface area contributed by atoms with Crippen LogP contribution in [0.2, 0.25) is 0 Å². The normalized spacial score (nSPS) is 10.7. The molecule has 5 heteroatoms. The van der Waals surface area contributed by atoms with Gasteiger partial charge in [0, 0.05) is 5.69 Å². The van der Waals surface area contributed by atoms with Crippen LogP contribution in [0.5, 0.6) is 0 Å². The Morgan fingerprint density at radius 3 is 2.35 bits per heavy atom. The molecule has 1 N–H and O–H groups in total. The summed E-state index contributed by atoms with van der Waals surface area (Å²) in [6, 6.07) is 15.5. The standard InChI is InChI=1S/C18H17N3OS/c1-12-7-9-14(10-8-12)20-17(22)11-23-18-13(2)19-15-5-3-4-6-16(15)21-18/h3-10H,11H2,1-2H3,(H,20,22). The van der Waals surface area contributed by atoms with Gasteiger partial charge in [0.15, 0.2) is 0 Å². The molecule has 0 fully saturated rings. The van der Waals surface area contributed by atoms with Crippen LogP contribution in [-0.4, -0.2) is 21.6 Å². The van der Waals surface area contributed by atoms with Gasteiger partial charge in [-0.1, -0.05) is 41.6 Å². The molecule has 1 aromatic heterocycles. The third kappa shape index (κ3) is 3.87. The zero-order valence-corrected chi connectivity index (χ0v) is 13.9. The number of nitrogens with zero attached hydrogens (tertiary/aromatic N) is 2. The predicted octanol–water partition coefficient (Wildman–Crippen LogP) is 3.98. The minimum absolute atomic E-state index is 0.0480. The summed E-state index contributed by atoms with van der Waals surface area (Å²) in [5.41, 5.74) is 4.54. The summed E-state index contributed by atoms with van der Waals surface area (Å²) in [6.45, 7) is 3.93. The molecule has 0 aliphatic rings. The molecule has 116 valence electrons. The molecule has 0 bridgehead atoms. The van der Waals surface area contributed by atoms with E-state index >= 15 is 0 Å². The second-order valence-corrected chi connectivity index (χ2v) is 6.27. The van der Waals surface area contributed by atoms with Crippen LogP contribution in [0.4, 0.5) is 5.69 Å². The van der Waals surface area contributed by atoms with Gasteiger partial charge in [0.05, 0.1) is 22.5 Å². The average molecular weight is 323 g/mol. The van der Waals surface area contributed by atoms with E-state index < -0.39 is 0 Å². The number of carbonyl (C=O) groups is 1. The Morgan fingerprint density at radius 2 is 1.65 bits per heavy atom. The summed E-state index contributed by atoms with van der Waals surface area (Å²) in [5, 5.41) is 3.68. The van der Waals surface area contributed by atoms with Gasteiger partial charge in [0.2, 0.25) is 5.91 Å². The number of amides is 1. The monoisotopic (exact) mass is 323 g/mol. The first-order chi connectivity index (χ1) is 11.1. The van der Waals surface area contributed by atoms with Gasteiger partial charge in [-0.25, -0.2) is 9.97 Å². The molecule has 1 heterocycles. The highest BCUT2D eigenvalue weighted by molar-refractivity contribution is 8.00. The Labute approximate surface area is 139 Å². The van der Waals surface area contributed by atoms with Crippen molar-refractivity contribution in [2.45, 2.75) is 18.9 Å². The quantitative estimate of drug-likeness (QED) is 0.738. The molecule has 3 rings (SSSR count). The second kappa shape index (κ2) is 6.79. The van der Waals surface area contributed by atoms with Gasteiger partial charge in [-0.2, -0.15) is 0 Å². The summed E-state index contributed by atoms with van der Waals surface area (Å²) in [6.07, 6.45) is 0. The van der Waals surface area contributed by atoms with E-state index in [1.54, 1.807) is 0 Å². The first-order valence-corrected chi connectivity index (χ1v) is 8.33. The van der Waals surface area contributed by atoms with Crippen molar-refractivity contribution < 1.29 is 4.79 Å². The van der Waals surface area contributed by atoms with Gasteiger partial charge in [-0.3, -0.25) is 4.79 Å². The number of aryl methyl sites for hydroxylation is 2. The molecule has 23 heavy (non-hydrogen) atoms. The van der Waals surface area contributed by atoms with E-state index in [1.165, 1.54) is 17.3 Å². The lowest BCUT2D eigenvalue weighted by atomic mass is 10.2. The third-order valence-corrected chi connectivity index (χ3v) is 4.44. The van der Waals surface area contributed by atoms with Crippen molar-refractivity contribution in [3.8, 4) is 0 Å². The van der Waals surface area contributed by atoms with Crippen LogP contribution in [0.15, 0.2) is 53.6 Å². The minimum Gasteiger partial charge on any atom is -0.325 e. The van der Waals surface area contributed by atoms with Crippen LogP contribution in [0.3, 0.4) is 0 Å². The average Bonchev–Trinajstić information content (AvgIpc) is 2.55. The van der Waals surface area contributed by atoms with Crippen molar-refractivity contribution in [2.24, 2.45) is 0 Å². The lowest BCUT2D eigenvalue weighted by molar-refractivity contribution is -0.113. The fourth-order valence-electron chi connectivity index (χ4n) is 2.18. The van der Waals surface area contributed by atoms with Crippen molar-refractivity contribution in [1.29, 1.82) is 0 Å². The van der Waals surface area contributed by atoms with Gasteiger partial charge < -0.3 is 5.32 Å². The number of aromatic nitrogens is 2. The number of nitrogens with one attached hydrogen (secondary N) is 1. The molecule has 4 nitrogen and oxygen atoms in total. The third-order valence-electron chi connectivity index (χ3n) is 3.38. The van der Waals surface area contributed by atoms with Gasteiger partial charge in [-0.05, 0) is 38.1 Å². The number of benzene rings is 2. The van der Waals surface area contributed by atoms with Crippen LogP contribution < -0.4 is 5.32 Å². The van der Waals surface area contributed by atoms with Gasteiger partial charge in [-0.15, -0.1) is 0 Å². The maximum Gasteiger partial charge on any atom is 0.234 e. The van der Waals surface area contributed by atoms with Gasteiger partial charge >= 0.3 is 0 Å². The summed E-state index contributed by atoms with van der Waals surface area (Å²) >= 11 is 1.41. The zero-order valence-electron chi connectivity index (χ0n) is 13.0. The van der Waals surface area contributed by atoms with Crippen molar-refractivity contribution >= 4 is 34.4 Å². The highest BCUT2D eigenvalue weighted by Gasteiger charge is 2.09. The molecule has 0 aliphatic carbocycles. The maximum atomic E-state index is 12.1. The van der Waals surface area contributed by atoms with E-state index in [2.05, 4.69) is 15.3 Å². The Hall–Kier alpha value is -2.40. The summed E-state index contributed by atoms with van der Waals surface area (Å²) in [4.78, 5) is 21.2. The molecule has 0 atom stereocenters. The van der Waals surface area contributed by atoms with E-state index in [4.69, 9.17) is 0 Å². The number of fused-ring (bicyclic) bond motifs is 1. The molecule has 0 unspecified atom stereocenters. The summed E-state index contributed by atoms with van der Waals surface area (Å²) < 4.78 is 0. The maximum absolute atomic E-state index is 12.1. The summed E-state index contributed by atoms with van der Waals surface area (Å²) in [7, 11) is 0. The number of para-hydroxylation sites is 2. The van der Waals surface area contributed by atoms with Crippen molar-refractivity contribution in [3.63, 3.8) is 0 Å². The highest BCUT2D eigenvalue weighted by Crippen LogP contribution is 2.22. The van der Waals surface area contributed by atoms with E-state index in [9.17, 15) is 4.79 Å². The fourth-order valence-corrected chi connectivity index (χ4v) is 2.93. The van der Waals surface area contributed by atoms with Crippen LogP contribution in [0.25, 0.3) is 11.0 Å². The lowest BCUT2D eigenvalue weighted by Crippen LogP contribution is -2.14. The van der Waals surface area contributed by atoms with E-state index in [0.29, 0.717) is 5.75 Å². The Kier molecular flexibility index (Phi) is 4.57. The molecular weight excluding hydrogens is 306 g/mol. The summed E-state index contributed by atoms with van der Waals surface area (Å²) in [5.74, 6) is 0.259. The molecule has 3 aromatic rings. The molecule has 0 saturated carbocycles. The van der Waals surface area contributed by atoms with Crippen LogP contribution >= 0.6 is 11.8 Å². The fraction of sp³-hybridized carbons (Fsp3) is 0.167. The first kappa shape index (κ1) is 15.5. The van der Waals surface area contributed by atoms with Crippen molar-refractivity contribution in [2.75, 3.05) is 11.1 Å². The molecule has 1 amide bonds. The van der Waals surface area contributed by atoms with Crippen molar-refractivity contribution in [3.05, 3.63) is 59.8 Å². The van der Waals surface area contributed by atoms with E-state index in [-0.39, 0.29) is 5.91 Å². The second-order valence-electron chi connectivity index (χ2n) is 5.31. The number of hydrogen-bond acceptors (Lipinski definition) is 4. The number of hydrogen-bond donors (Lipinski definition) is 1. The number of thioether (sulfide) groups is 1. The molecule has 0 saturated heterocycles. The van der Waals surface area contributed by atoms with Crippen LogP contribution in [-0.2, 0) is 4.79 Å². The largest absolute Gasteiger partial charge is 0.325 e. The highest BCUT2D eigenvalue weighted by atomic mass is 32.2. The van der Waals surface area contributed by atoms with Crippen LogP contribution in [0, 0.1) is 13.8 Å². The molecular formula is C18H17N3OS. The topological polar surface area (TPSA) is 54.9 Å². The molecule has 0 radical (unpaired) electrons. The van der Waals surface area contributed by atoms with Gasteiger partial charge in [0.1, 0.15) is 5.03 Å². The van der Waals surface area contributed by atoms with E-state index in [0.717, 1.165) is 27.4 Å². The van der Waals surface area contributed by atoms with Crippen LogP contribution in [0.1, 0.15) is 11.3 Å². The number of rotatable bonds is 4. The lowest BCUT2D eigenvalue weighted by Gasteiger charge is -2.07. The number of carbonyl (C=O) groups excluding carboxylic acids is 1. The molecule has 0 spiro atoms. The first-order valence-electron chi connectivity index (χ1n) is 7.34.